The standard InChI is InChI=1S/C14H7Cl2N5/c15-12-10-6-8-7-17-21(9-4-2-1-3-5-9)14(8)18-11(10)13(16)20-19-12/h1-7H. The van der Waals surface area contributed by atoms with Crippen molar-refractivity contribution in [1.29, 1.82) is 0 Å². The first-order chi connectivity index (χ1) is 10.2. The highest BCUT2D eigenvalue weighted by Gasteiger charge is 2.13. The summed E-state index contributed by atoms with van der Waals surface area (Å²) >= 11 is 12.1. The molecule has 0 atom stereocenters. The van der Waals surface area contributed by atoms with Crippen LogP contribution in [0.1, 0.15) is 0 Å². The number of benzene rings is 1. The Morgan fingerprint density at radius 3 is 2.52 bits per heavy atom. The average molecular weight is 316 g/mol. The molecule has 21 heavy (non-hydrogen) atoms. The van der Waals surface area contributed by atoms with Gasteiger partial charge in [0, 0.05) is 10.8 Å². The fraction of sp³-hybridized carbons (Fsp3) is 0. The van der Waals surface area contributed by atoms with Crippen molar-refractivity contribution >= 4 is 45.1 Å². The third kappa shape index (κ3) is 1.93. The van der Waals surface area contributed by atoms with Gasteiger partial charge < -0.3 is 0 Å². The summed E-state index contributed by atoms with van der Waals surface area (Å²) in [5.74, 6) is 0. The molecule has 3 aromatic heterocycles. The molecule has 0 spiro atoms. The number of pyridine rings is 1. The number of hydrogen-bond donors (Lipinski definition) is 0. The lowest BCUT2D eigenvalue weighted by atomic mass is 10.2. The van der Waals surface area contributed by atoms with Crippen molar-refractivity contribution in [3.63, 3.8) is 0 Å². The second kappa shape index (κ2) is 4.65. The number of para-hydroxylation sites is 1. The topological polar surface area (TPSA) is 56.5 Å². The molecule has 1 aromatic carbocycles. The maximum atomic E-state index is 6.07. The normalized spacial score (nSPS) is 11.3. The molecular weight excluding hydrogens is 309 g/mol. The predicted octanol–water partition coefficient (Wildman–Crippen LogP) is 3.67. The van der Waals surface area contributed by atoms with Gasteiger partial charge in [-0.15, -0.1) is 10.2 Å². The van der Waals surface area contributed by atoms with E-state index in [0.29, 0.717) is 16.6 Å². The number of hydrogen-bond acceptors (Lipinski definition) is 4. The van der Waals surface area contributed by atoms with Gasteiger partial charge >= 0.3 is 0 Å². The van der Waals surface area contributed by atoms with E-state index in [2.05, 4.69) is 20.3 Å². The van der Waals surface area contributed by atoms with Crippen molar-refractivity contribution in [3.05, 3.63) is 52.9 Å². The third-order valence-electron chi connectivity index (χ3n) is 3.19. The summed E-state index contributed by atoms with van der Waals surface area (Å²) in [6.07, 6.45) is 1.74. The van der Waals surface area contributed by atoms with E-state index < -0.39 is 0 Å². The van der Waals surface area contributed by atoms with Gasteiger partial charge in [0.05, 0.1) is 11.9 Å². The summed E-state index contributed by atoms with van der Waals surface area (Å²) in [5.41, 5.74) is 2.13. The zero-order valence-electron chi connectivity index (χ0n) is 10.5. The Hall–Kier alpha value is -2.24. The molecule has 0 aliphatic carbocycles. The maximum absolute atomic E-state index is 6.07. The van der Waals surface area contributed by atoms with Gasteiger partial charge in [-0.05, 0) is 18.2 Å². The van der Waals surface area contributed by atoms with Crippen LogP contribution in [0.2, 0.25) is 10.3 Å². The summed E-state index contributed by atoms with van der Waals surface area (Å²) in [6, 6.07) is 11.6. The minimum absolute atomic E-state index is 0.220. The highest BCUT2D eigenvalue weighted by molar-refractivity contribution is 6.38. The van der Waals surface area contributed by atoms with Crippen LogP contribution in [0.3, 0.4) is 0 Å². The molecule has 5 nitrogen and oxygen atoms in total. The van der Waals surface area contributed by atoms with E-state index in [1.807, 2.05) is 36.4 Å². The molecule has 0 radical (unpaired) electrons. The van der Waals surface area contributed by atoms with Crippen LogP contribution in [0.15, 0.2) is 42.6 Å². The third-order valence-corrected chi connectivity index (χ3v) is 3.72. The lowest BCUT2D eigenvalue weighted by Gasteiger charge is -2.04. The number of aromatic nitrogens is 5. The molecule has 0 amide bonds. The van der Waals surface area contributed by atoms with Gasteiger partial charge in [-0.3, -0.25) is 0 Å². The largest absolute Gasteiger partial charge is 0.224 e. The maximum Gasteiger partial charge on any atom is 0.178 e. The first-order valence-corrected chi connectivity index (χ1v) is 6.91. The first kappa shape index (κ1) is 12.5. The summed E-state index contributed by atoms with van der Waals surface area (Å²) < 4.78 is 1.75. The van der Waals surface area contributed by atoms with Crippen LogP contribution < -0.4 is 0 Å². The monoisotopic (exact) mass is 315 g/mol. The van der Waals surface area contributed by atoms with E-state index in [-0.39, 0.29) is 10.3 Å². The Morgan fingerprint density at radius 2 is 1.71 bits per heavy atom. The molecule has 4 aromatic rings. The Labute approximate surface area is 129 Å². The van der Waals surface area contributed by atoms with E-state index in [1.165, 1.54) is 0 Å². The van der Waals surface area contributed by atoms with Crippen LogP contribution in [-0.2, 0) is 0 Å². The molecule has 0 fully saturated rings. The summed E-state index contributed by atoms with van der Waals surface area (Å²) in [7, 11) is 0. The van der Waals surface area contributed by atoms with Gasteiger partial charge in [0.15, 0.2) is 16.0 Å². The van der Waals surface area contributed by atoms with Crippen molar-refractivity contribution in [2.24, 2.45) is 0 Å². The van der Waals surface area contributed by atoms with Crippen molar-refractivity contribution in [2.45, 2.75) is 0 Å². The number of rotatable bonds is 1. The Kier molecular flexibility index (Phi) is 2.77. The highest BCUT2D eigenvalue weighted by Crippen LogP contribution is 2.28. The van der Waals surface area contributed by atoms with Gasteiger partial charge in [0.25, 0.3) is 0 Å². The second-order valence-corrected chi connectivity index (χ2v) is 5.19. The van der Waals surface area contributed by atoms with Gasteiger partial charge in [-0.2, -0.15) is 5.10 Å². The SMILES string of the molecule is Clc1nnc(Cl)c2nc3c(cnn3-c3ccccc3)cc12. The van der Waals surface area contributed by atoms with Crippen molar-refractivity contribution in [2.75, 3.05) is 0 Å². The van der Waals surface area contributed by atoms with E-state index >= 15 is 0 Å². The lowest BCUT2D eigenvalue weighted by Crippen LogP contribution is -1.98. The number of halogens is 2. The zero-order chi connectivity index (χ0) is 14.4. The molecular formula is C14H7Cl2N5. The summed E-state index contributed by atoms with van der Waals surface area (Å²) in [5, 5.41) is 14.0. The van der Waals surface area contributed by atoms with Crippen molar-refractivity contribution < 1.29 is 0 Å². The molecule has 102 valence electrons. The number of nitrogens with zero attached hydrogens (tertiary/aromatic N) is 5. The van der Waals surface area contributed by atoms with Gasteiger partial charge in [0.2, 0.25) is 0 Å². The Morgan fingerprint density at radius 1 is 0.952 bits per heavy atom. The predicted molar refractivity (Wildman–Crippen MR) is 82.0 cm³/mol. The van der Waals surface area contributed by atoms with E-state index in [1.54, 1.807) is 10.9 Å². The van der Waals surface area contributed by atoms with E-state index in [9.17, 15) is 0 Å². The molecule has 0 N–H and O–H groups in total. The fourth-order valence-electron chi connectivity index (χ4n) is 2.22. The van der Waals surface area contributed by atoms with Crippen molar-refractivity contribution in [1.82, 2.24) is 25.0 Å². The van der Waals surface area contributed by atoms with Crippen LogP contribution in [0.4, 0.5) is 0 Å². The molecule has 0 unspecified atom stereocenters. The minimum atomic E-state index is 0.220. The van der Waals surface area contributed by atoms with Gasteiger partial charge in [0.1, 0.15) is 5.52 Å². The first-order valence-electron chi connectivity index (χ1n) is 6.15. The molecule has 7 heteroatoms. The average Bonchev–Trinajstić information content (AvgIpc) is 2.93. The Balaban J connectivity index is 2.09. The van der Waals surface area contributed by atoms with Crippen LogP contribution in [0.5, 0.6) is 0 Å². The molecule has 3 heterocycles. The molecule has 0 saturated heterocycles. The zero-order valence-corrected chi connectivity index (χ0v) is 12.0. The van der Waals surface area contributed by atoms with E-state index in [0.717, 1.165) is 11.1 Å². The summed E-state index contributed by atoms with van der Waals surface area (Å²) in [6.45, 7) is 0. The number of fused-ring (bicyclic) bond motifs is 2. The quantitative estimate of drug-likeness (QED) is 0.537. The Bertz CT molecular complexity index is 965. The summed E-state index contributed by atoms with van der Waals surface area (Å²) in [4.78, 5) is 4.56. The second-order valence-electron chi connectivity index (χ2n) is 4.47. The fourth-order valence-corrected chi connectivity index (χ4v) is 2.58. The van der Waals surface area contributed by atoms with Crippen LogP contribution in [-0.4, -0.2) is 25.0 Å². The van der Waals surface area contributed by atoms with E-state index in [4.69, 9.17) is 23.2 Å². The molecule has 0 aliphatic rings. The lowest BCUT2D eigenvalue weighted by molar-refractivity contribution is 0.899. The molecule has 4 rings (SSSR count). The highest BCUT2D eigenvalue weighted by atomic mass is 35.5. The van der Waals surface area contributed by atoms with Gasteiger partial charge in [-0.25, -0.2) is 9.67 Å². The van der Waals surface area contributed by atoms with Crippen LogP contribution in [0, 0.1) is 0 Å². The molecule has 0 saturated carbocycles. The minimum Gasteiger partial charge on any atom is -0.224 e. The smallest absolute Gasteiger partial charge is 0.178 e. The van der Waals surface area contributed by atoms with Crippen molar-refractivity contribution in [3.8, 4) is 5.69 Å². The van der Waals surface area contributed by atoms with Crippen LogP contribution in [0.25, 0.3) is 27.6 Å². The molecule has 0 aliphatic heterocycles. The molecule has 0 bridgehead atoms. The van der Waals surface area contributed by atoms with Crippen LogP contribution >= 0.6 is 23.2 Å². The van der Waals surface area contributed by atoms with Gasteiger partial charge in [-0.1, -0.05) is 41.4 Å².